The van der Waals surface area contributed by atoms with Gasteiger partial charge in [0.1, 0.15) is 5.54 Å². The molecule has 19 heavy (non-hydrogen) atoms. The second-order valence-corrected chi connectivity index (χ2v) is 6.89. The summed E-state index contributed by atoms with van der Waals surface area (Å²) in [6, 6.07) is -0.478. The van der Waals surface area contributed by atoms with Crippen LogP contribution in [-0.4, -0.2) is 23.4 Å². The van der Waals surface area contributed by atoms with E-state index in [2.05, 4.69) is 10.6 Å². The van der Waals surface area contributed by atoms with Gasteiger partial charge in [0.25, 0.3) is 5.91 Å². The van der Waals surface area contributed by atoms with E-state index < -0.39 is 27.8 Å². The normalized spacial score (nSPS) is 46.5. The van der Waals surface area contributed by atoms with Gasteiger partial charge >= 0.3 is 6.03 Å². The van der Waals surface area contributed by atoms with Gasteiger partial charge < -0.3 is 11.1 Å². The van der Waals surface area contributed by atoms with Crippen molar-refractivity contribution in [3.05, 3.63) is 0 Å². The third kappa shape index (κ3) is 0.965. The molecule has 2 saturated carbocycles. The Balaban J connectivity index is 2.22. The lowest BCUT2D eigenvalue weighted by Gasteiger charge is -2.44. The maximum Gasteiger partial charge on any atom is 0.322 e. The van der Waals surface area contributed by atoms with Crippen LogP contribution in [0.5, 0.6) is 0 Å². The van der Waals surface area contributed by atoms with Crippen molar-refractivity contribution in [2.45, 2.75) is 45.6 Å². The number of rotatable bonds is 1. The summed E-state index contributed by atoms with van der Waals surface area (Å²) in [5.41, 5.74) is 3.03. The molecule has 3 rings (SSSR count). The van der Waals surface area contributed by atoms with Gasteiger partial charge in [-0.05, 0) is 24.7 Å². The van der Waals surface area contributed by atoms with E-state index in [0.717, 1.165) is 0 Å². The topological polar surface area (TPSA) is 101 Å². The van der Waals surface area contributed by atoms with Crippen molar-refractivity contribution in [1.82, 2.24) is 10.6 Å². The van der Waals surface area contributed by atoms with Crippen LogP contribution in [0.2, 0.25) is 0 Å². The van der Waals surface area contributed by atoms with Gasteiger partial charge in [0.2, 0.25) is 5.91 Å². The van der Waals surface area contributed by atoms with E-state index in [1.165, 1.54) is 0 Å². The predicted octanol–water partition coefficient (Wildman–Crippen LogP) is 0.266. The molecule has 2 aliphatic carbocycles. The molecule has 2 bridgehead atoms. The molecule has 4 N–H and O–H groups in total. The minimum atomic E-state index is -0.999. The fourth-order valence-electron chi connectivity index (χ4n) is 4.84. The Morgan fingerprint density at radius 3 is 2.26 bits per heavy atom. The summed E-state index contributed by atoms with van der Waals surface area (Å²) in [6.45, 7) is 5.95. The average Bonchev–Trinajstić information content (AvgIpc) is 2.73. The number of carbonyl (C=O) groups excluding carboxylic acids is 3. The van der Waals surface area contributed by atoms with Crippen molar-refractivity contribution in [1.29, 1.82) is 0 Å². The van der Waals surface area contributed by atoms with Crippen molar-refractivity contribution in [3.8, 4) is 0 Å². The Bertz CT molecular complexity index is 529. The van der Waals surface area contributed by atoms with Crippen LogP contribution < -0.4 is 16.4 Å². The summed E-state index contributed by atoms with van der Waals surface area (Å²) >= 11 is 0. The number of fused-ring (bicyclic) bond motifs is 3. The first-order chi connectivity index (χ1) is 8.63. The van der Waals surface area contributed by atoms with Crippen LogP contribution in [0, 0.1) is 16.2 Å². The summed E-state index contributed by atoms with van der Waals surface area (Å²) < 4.78 is 0. The van der Waals surface area contributed by atoms with Gasteiger partial charge in [-0.3, -0.25) is 14.9 Å². The van der Waals surface area contributed by atoms with Crippen LogP contribution in [-0.2, 0) is 9.59 Å². The second kappa shape index (κ2) is 2.94. The number of primary amides is 1. The Morgan fingerprint density at radius 2 is 1.84 bits per heavy atom. The highest BCUT2D eigenvalue weighted by Crippen LogP contribution is 2.75. The number of imide groups is 1. The Morgan fingerprint density at radius 1 is 1.21 bits per heavy atom. The molecule has 0 radical (unpaired) electrons. The monoisotopic (exact) mass is 265 g/mol. The molecule has 3 unspecified atom stereocenters. The number of amides is 4. The van der Waals surface area contributed by atoms with Gasteiger partial charge in [0.05, 0.1) is 5.41 Å². The van der Waals surface area contributed by atoms with E-state index >= 15 is 0 Å². The van der Waals surface area contributed by atoms with Crippen molar-refractivity contribution in [2.75, 3.05) is 0 Å². The molecular weight excluding hydrogens is 246 g/mol. The highest BCUT2D eigenvalue weighted by Gasteiger charge is 2.81. The molecule has 1 aliphatic heterocycles. The second-order valence-electron chi connectivity index (χ2n) is 6.89. The predicted molar refractivity (Wildman–Crippen MR) is 66.8 cm³/mol. The molecular formula is C13H19N3O3. The maximum atomic E-state index is 12.3. The summed E-state index contributed by atoms with van der Waals surface area (Å²) in [6.07, 6.45) is 1.68. The quantitative estimate of drug-likeness (QED) is 0.593. The van der Waals surface area contributed by atoms with E-state index in [1.54, 1.807) is 0 Å². The van der Waals surface area contributed by atoms with Crippen LogP contribution >= 0.6 is 0 Å². The zero-order valence-corrected chi connectivity index (χ0v) is 11.4. The van der Waals surface area contributed by atoms with Crippen molar-refractivity contribution >= 4 is 17.8 Å². The van der Waals surface area contributed by atoms with Gasteiger partial charge in [0.15, 0.2) is 0 Å². The molecule has 6 nitrogen and oxygen atoms in total. The Labute approximate surface area is 111 Å². The van der Waals surface area contributed by atoms with E-state index in [1.807, 2.05) is 20.8 Å². The number of carbonyl (C=O) groups is 3. The zero-order chi connectivity index (χ0) is 14.3. The lowest BCUT2D eigenvalue weighted by Crippen LogP contribution is -2.58. The molecule has 0 aromatic heterocycles. The van der Waals surface area contributed by atoms with Gasteiger partial charge in [-0.15, -0.1) is 0 Å². The van der Waals surface area contributed by atoms with Gasteiger partial charge in [-0.25, -0.2) is 4.79 Å². The lowest BCUT2D eigenvalue weighted by molar-refractivity contribution is -0.132. The summed E-state index contributed by atoms with van der Waals surface area (Å²) in [5, 5.41) is 5.09. The molecule has 104 valence electrons. The molecule has 6 heteroatoms. The zero-order valence-electron chi connectivity index (χ0n) is 11.4. The summed E-state index contributed by atoms with van der Waals surface area (Å²) in [5.74, 6) is -0.692. The van der Waals surface area contributed by atoms with E-state index in [9.17, 15) is 14.4 Å². The number of hydrogen-bond donors (Lipinski definition) is 3. The SMILES string of the molecule is CC1(C)C2(C(N)=O)CCC1(C)C1(C2)NC(=O)NC1=O. The number of urea groups is 1. The van der Waals surface area contributed by atoms with Gasteiger partial charge in [-0.1, -0.05) is 20.8 Å². The minimum absolute atomic E-state index is 0.302. The molecule has 0 aromatic rings. The van der Waals surface area contributed by atoms with Gasteiger partial charge in [-0.2, -0.15) is 0 Å². The standard InChI is InChI=1S/C13H19N3O3/c1-10(2)11(3)4-5-12(10,7(14)17)6-13(11)8(18)15-9(19)16-13/h4-6H2,1-3H3,(H2,14,17)(H2,15,16,18,19). The third-order valence-electron chi connectivity index (χ3n) is 6.55. The number of nitrogens with two attached hydrogens (primary N) is 1. The van der Waals surface area contributed by atoms with Gasteiger partial charge in [0, 0.05) is 5.41 Å². The van der Waals surface area contributed by atoms with Crippen LogP contribution in [0.4, 0.5) is 4.79 Å². The molecule has 3 aliphatic rings. The van der Waals surface area contributed by atoms with E-state index in [0.29, 0.717) is 19.3 Å². The van der Waals surface area contributed by atoms with Crippen LogP contribution in [0.1, 0.15) is 40.0 Å². The minimum Gasteiger partial charge on any atom is -0.369 e. The molecule has 1 saturated heterocycles. The maximum absolute atomic E-state index is 12.3. The molecule has 1 heterocycles. The van der Waals surface area contributed by atoms with Crippen LogP contribution in [0.25, 0.3) is 0 Å². The summed E-state index contributed by atoms with van der Waals surface area (Å²) in [7, 11) is 0. The van der Waals surface area contributed by atoms with E-state index in [4.69, 9.17) is 5.73 Å². The van der Waals surface area contributed by atoms with Crippen LogP contribution in [0.15, 0.2) is 0 Å². The smallest absolute Gasteiger partial charge is 0.322 e. The molecule has 0 aromatic carbocycles. The summed E-state index contributed by atoms with van der Waals surface area (Å²) in [4.78, 5) is 35.9. The largest absolute Gasteiger partial charge is 0.369 e. The Kier molecular flexibility index (Phi) is 1.93. The fraction of sp³-hybridized carbons (Fsp3) is 0.769. The highest BCUT2D eigenvalue weighted by atomic mass is 16.2. The molecule has 4 amide bonds. The first-order valence-corrected chi connectivity index (χ1v) is 6.57. The van der Waals surface area contributed by atoms with Crippen LogP contribution in [0.3, 0.4) is 0 Å². The van der Waals surface area contributed by atoms with Crippen molar-refractivity contribution in [3.63, 3.8) is 0 Å². The third-order valence-corrected chi connectivity index (χ3v) is 6.55. The Hall–Kier alpha value is -1.59. The van der Waals surface area contributed by atoms with Crippen molar-refractivity contribution < 1.29 is 14.4 Å². The molecule has 3 atom stereocenters. The average molecular weight is 265 g/mol. The first kappa shape index (κ1) is 12.4. The molecule has 3 fully saturated rings. The number of nitrogens with one attached hydrogen (secondary N) is 2. The van der Waals surface area contributed by atoms with E-state index in [-0.39, 0.29) is 11.8 Å². The number of hydrogen-bond acceptors (Lipinski definition) is 3. The molecule has 1 spiro atoms. The first-order valence-electron chi connectivity index (χ1n) is 6.57. The fourth-order valence-corrected chi connectivity index (χ4v) is 4.84. The lowest BCUT2D eigenvalue weighted by atomic mass is 9.62. The highest BCUT2D eigenvalue weighted by molar-refractivity contribution is 6.09. The van der Waals surface area contributed by atoms with Crippen molar-refractivity contribution in [2.24, 2.45) is 22.0 Å².